The highest BCUT2D eigenvalue weighted by atomic mass is 16.5. The maximum Gasteiger partial charge on any atom is 0.243 e. The van der Waals surface area contributed by atoms with Gasteiger partial charge in [0.05, 0.1) is 6.10 Å². The van der Waals surface area contributed by atoms with Gasteiger partial charge in [0.25, 0.3) is 0 Å². The predicted molar refractivity (Wildman–Crippen MR) is 67.2 cm³/mol. The molecular formula is C14H25N2O+. The van der Waals surface area contributed by atoms with Gasteiger partial charge in [0.1, 0.15) is 12.4 Å². The number of aromatic nitrogens is 2. The third kappa shape index (κ3) is 3.32. The number of rotatable bonds is 4. The van der Waals surface area contributed by atoms with Gasteiger partial charge in [-0.1, -0.05) is 27.2 Å². The highest BCUT2D eigenvalue weighted by Crippen LogP contribution is 2.35. The third-order valence-corrected chi connectivity index (χ3v) is 4.00. The molecule has 1 aromatic heterocycles. The molecule has 1 saturated carbocycles. The molecule has 96 valence electrons. The Morgan fingerprint density at radius 1 is 1.41 bits per heavy atom. The summed E-state index contributed by atoms with van der Waals surface area (Å²) >= 11 is 0. The van der Waals surface area contributed by atoms with Crippen LogP contribution in [0.5, 0.6) is 0 Å². The predicted octanol–water partition coefficient (Wildman–Crippen LogP) is 2.74. The lowest BCUT2D eigenvalue weighted by molar-refractivity contribution is -0.734. The summed E-state index contributed by atoms with van der Waals surface area (Å²) in [7, 11) is 0. The average molecular weight is 237 g/mol. The van der Waals surface area contributed by atoms with Crippen molar-refractivity contribution < 1.29 is 9.30 Å². The van der Waals surface area contributed by atoms with Gasteiger partial charge in [0, 0.05) is 0 Å². The van der Waals surface area contributed by atoms with Gasteiger partial charge in [0.2, 0.25) is 6.33 Å². The smallest absolute Gasteiger partial charge is 0.243 e. The van der Waals surface area contributed by atoms with Crippen LogP contribution in [-0.2, 0) is 11.5 Å². The van der Waals surface area contributed by atoms with E-state index in [-0.39, 0.29) is 0 Å². The van der Waals surface area contributed by atoms with Crippen molar-refractivity contribution >= 4 is 0 Å². The summed E-state index contributed by atoms with van der Waals surface area (Å²) in [6.07, 6.45) is 10.2. The van der Waals surface area contributed by atoms with E-state index in [1.165, 1.54) is 19.3 Å². The van der Waals surface area contributed by atoms with Gasteiger partial charge in [0.15, 0.2) is 6.73 Å². The minimum atomic E-state index is 0.432. The third-order valence-electron chi connectivity index (χ3n) is 4.00. The Balaban J connectivity index is 1.90. The molecule has 2 rings (SSSR count). The summed E-state index contributed by atoms with van der Waals surface area (Å²) in [4.78, 5) is 3.04. The molecule has 0 amide bonds. The molecule has 17 heavy (non-hydrogen) atoms. The molecule has 1 N–H and O–H groups in total. The van der Waals surface area contributed by atoms with Crippen molar-refractivity contribution in [2.75, 3.05) is 0 Å². The summed E-state index contributed by atoms with van der Waals surface area (Å²) in [5.41, 5.74) is 0. The normalized spacial score (nSPS) is 29.8. The molecule has 1 heterocycles. The average Bonchev–Trinajstić information content (AvgIpc) is 2.78. The second kappa shape index (κ2) is 5.67. The Bertz CT molecular complexity index is 321. The molecule has 1 aliphatic rings. The van der Waals surface area contributed by atoms with Crippen molar-refractivity contribution in [3.8, 4) is 0 Å². The zero-order valence-corrected chi connectivity index (χ0v) is 11.2. The van der Waals surface area contributed by atoms with Gasteiger partial charge in [-0.15, -0.1) is 0 Å². The molecule has 1 fully saturated rings. The van der Waals surface area contributed by atoms with Gasteiger partial charge in [-0.25, -0.2) is 4.57 Å². The molecule has 0 radical (unpaired) electrons. The number of hydrogen-bond acceptors (Lipinski definition) is 1. The fourth-order valence-electron chi connectivity index (χ4n) is 2.89. The first-order valence-corrected chi connectivity index (χ1v) is 6.80. The van der Waals surface area contributed by atoms with Crippen LogP contribution in [0.25, 0.3) is 0 Å². The van der Waals surface area contributed by atoms with Crippen LogP contribution in [0.4, 0.5) is 0 Å². The van der Waals surface area contributed by atoms with E-state index in [2.05, 4.69) is 30.3 Å². The van der Waals surface area contributed by atoms with Crippen LogP contribution in [0, 0.1) is 17.8 Å². The number of aromatic amines is 1. The van der Waals surface area contributed by atoms with Crippen molar-refractivity contribution in [3.05, 3.63) is 18.7 Å². The maximum atomic E-state index is 6.11. The fourth-order valence-corrected chi connectivity index (χ4v) is 2.89. The molecule has 3 atom stereocenters. The van der Waals surface area contributed by atoms with Crippen molar-refractivity contribution in [1.29, 1.82) is 0 Å². The molecule has 1 aromatic rings. The second-order valence-electron chi connectivity index (χ2n) is 5.79. The lowest BCUT2D eigenvalue weighted by Gasteiger charge is -2.36. The Morgan fingerprint density at radius 2 is 2.24 bits per heavy atom. The number of imidazole rings is 1. The minimum absolute atomic E-state index is 0.432. The van der Waals surface area contributed by atoms with Gasteiger partial charge in [-0.2, -0.15) is 0 Å². The Kier molecular flexibility index (Phi) is 4.21. The molecule has 1 aliphatic carbocycles. The molecule has 0 aliphatic heterocycles. The van der Waals surface area contributed by atoms with Gasteiger partial charge >= 0.3 is 0 Å². The number of hydrogen-bond donors (Lipinski definition) is 1. The summed E-state index contributed by atoms with van der Waals surface area (Å²) < 4.78 is 8.17. The van der Waals surface area contributed by atoms with E-state index in [0.717, 1.165) is 17.8 Å². The minimum Gasteiger partial charge on any atom is -0.338 e. The van der Waals surface area contributed by atoms with Gasteiger partial charge in [-0.05, 0) is 30.6 Å². The lowest BCUT2D eigenvalue weighted by Crippen LogP contribution is -2.40. The van der Waals surface area contributed by atoms with Crippen LogP contribution in [0.15, 0.2) is 18.7 Å². The van der Waals surface area contributed by atoms with Crippen molar-refractivity contribution in [2.45, 2.75) is 52.9 Å². The maximum absolute atomic E-state index is 6.11. The van der Waals surface area contributed by atoms with Gasteiger partial charge in [-0.3, -0.25) is 4.98 Å². The Morgan fingerprint density at radius 3 is 2.88 bits per heavy atom. The molecule has 0 saturated heterocycles. The first-order valence-electron chi connectivity index (χ1n) is 6.80. The van der Waals surface area contributed by atoms with Crippen molar-refractivity contribution in [1.82, 2.24) is 4.98 Å². The lowest BCUT2D eigenvalue weighted by atomic mass is 9.75. The number of ether oxygens (including phenoxy) is 1. The highest BCUT2D eigenvalue weighted by molar-refractivity contribution is 4.80. The number of nitrogens with one attached hydrogen (secondary N) is 1. The molecule has 0 aromatic carbocycles. The van der Waals surface area contributed by atoms with Crippen LogP contribution in [0.1, 0.15) is 40.0 Å². The summed E-state index contributed by atoms with van der Waals surface area (Å²) in [6.45, 7) is 7.65. The van der Waals surface area contributed by atoms with Gasteiger partial charge < -0.3 is 4.74 Å². The number of H-pyrrole nitrogens is 1. The molecule has 3 unspecified atom stereocenters. The zero-order valence-electron chi connectivity index (χ0n) is 11.2. The molecule has 3 heteroatoms. The van der Waals surface area contributed by atoms with Crippen molar-refractivity contribution in [3.63, 3.8) is 0 Å². The Hall–Kier alpha value is -0.830. The van der Waals surface area contributed by atoms with E-state index in [1.54, 1.807) is 0 Å². The quantitative estimate of drug-likeness (QED) is 0.802. The summed E-state index contributed by atoms with van der Waals surface area (Å²) in [6, 6.07) is 0. The summed E-state index contributed by atoms with van der Waals surface area (Å²) in [5, 5.41) is 0. The zero-order chi connectivity index (χ0) is 12.3. The van der Waals surface area contributed by atoms with E-state index in [9.17, 15) is 0 Å². The molecule has 3 nitrogen and oxygen atoms in total. The van der Waals surface area contributed by atoms with Crippen LogP contribution in [-0.4, -0.2) is 11.1 Å². The summed E-state index contributed by atoms with van der Waals surface area (Å²) in [5.74, 6) is 2.26. The monoisotopic (exact) mass is 237 g/mol. The first kappa shape index (κ1) is 12.6. The topological polar surface area (TPSA) is 28.9 Å². The number of nitrogens with zero attached hydrogens (tertiary/aromatic N) is 1. The van der Waals surface area contributed by atoms with E-state index < -0.39 is 0 Å². The van der Waals surface area contributed by atoms with E-state index >= 15 is 0 Å². The van der Waals surface area contributed by atoms with E-state index in [4.69, 9.17) is 4.74 Å². The van der Waals surface area contributed by atoms with Crippen LogP contribution in [0.3, 0.4) is 0 Å². The SMILES string of the molecule is CC1CCC(C(C)C)C(OC[n+]2cc[nH]c2)C1. The second-order valence-corrected chi connectivity index (χ2v) is 5.79. The van der Waals surface area contributed by atoms with E-state index in [1.807, 2.05) is 18.7 Å². The van der Waals surface area contributed by atoms with Crippen LogP contribution >= 0.6 is 0 Å². The molecule has 0 bridgehead atoms. The highest BCUT2D eigenvalue weighted by Gasteiger charge is 2.31. The Labute approximate surface area is 104 Å². The molecule has 0 spiro atoms. The largest absolute Gasteiger partial charge is 0.338 e. The van der Waals surface area contributed by atoms with Crippen LogP contribution < -0.4 is 4.57 Å². The fraction of sp³-hybridized carbons (Fsp3) is 0.786. The van der Waals surface area contributed by atoms with Crippen LogP contribution in [0.2, 0.25) is 0 Å². The van der Waals surface area contributed by atoms with E-state index in [0.29, 0.717) is 12.8 Å². The first-order chi connectivity index (χ1) is 8.16. The van der Waals surface area contributed by atoms with Crippen molar-refractivity contribution in [2.24, 2.45) is 17.8 Å². The molecular weight excluding hydrogens is 212 g/mol. The standard InChI is InChI=1S/C14H24N2O/c1-11(2)13-5-4-12(3)8-14(13)17-10-16-7-6-15-9-16/h6-7,9,11-14H,4-5,8,10H2,1-3H3/p+1.